The van der Waals surface area contributed by atoms with Gasteiger partial charge in [0.2, 0.25) is 0 Å². The Hall–Kier alpha value is -1.26. The van der Waals surface area contributed by atoms with Gasteiger partial charge >= 0.3 is 0 Å². The maximum atomic E-state index is 5.82. The molecule has 0 atom stereocenters. The molecule has 4 heteroatoms. The molecule has 0 spiro atoms. The summed E-state index contributed by atoms with van der Waals surface area (Å²) in [7, 11) is 13.5. The highest BCUT2D eigenvalue weighted by Gasteiger charge is 2.13. The predicted molar refractivity (Wildman–Crippen MR) is 98.1 cm³/mol. The molecule has 0 aliphatic heterocycles. The molecular weight excluding hydrogens is 272 g/mol. The topological polar surface area (TPSA) is 29.3 Å². The van der Waals surface area contributed by atoms with Crippen molar-refractivity contribution in [3.05, 3.63) is 24.3 Å². The highest BCUT2D eigenvalue weighted by atomic mass is 15.3. The lowest BCUT2D eigenvalue weighted by Crippen LogP contribution is -2.39. The van der Waals surface area contributed by atoms with Crippen LogP contribution in [0.2, 0.25) is 0 Å². The van der Waals surface area contributed by atoms with Gasteiger partial charge in [0, 0.05) is 37.3 Å². The molecule has 0 heterocycles. The third-order valence-electron chi connectivity index (χ3n) is 3.77. The number of nitrogen functional groups attached to an aromatic ring is 1. The smallest absolute Gasteiger partial charge is 0.0797 e. The first-order valence-electron chi connectivity index (χ1n) is 8.28. The van der Waals surface area contributed by atoms with Gasteiger partial charge in [0.15, 0.2) is 0 Å². The van der Waals surface area contributed by atoms with E-state index in [4.69, 9.17) is 5.73 Å². The quantitative estimate of drug-likeness (QED) is 0.560. The number of hydrogen-bond donors (Lipinski definition) is 1. The molecule has 0 saturated heterocycles. The third kappa shape index (κ3) is 8.25. The van der Waals surface area contributed by atoms with E-state index in [0.29, 0.717) is 0 Å². The summed E-state index contributed by atoms with van der Waals surface area (Å²) in [5, 5.41) is 0. The van der Waals surface area contributed by atoms with Gasteiger partial charge in [0.1, 0.15) is 0 Å². The van der Waals surface area contributed by atoms with Gasteiger partial charge in [0.25, 0.3) is 0 Å². The third-order valence-corrected chi connectivity index (χ3v) is 3.77. The Morgan fingerprint density at radius 1 is 0.773 bits per heavy atom. The zero-order valence-corrected chi connectivity index (χ0v) is 15.5. The number of anilines is 2. The first-order chi connectivity index (χ1) is 10.1. The Kier molecular flexibility index (Phi) is 6.69. The molecule has 126 valence electrons. The lowest BCUT2D eigenvalue weighted by molar-refractivity contribution is -0.870. The fraction of sp³-hybridized carbons (Fsp3) is 0.667. The molecule has 4 nitrogen and oxygen atoms in total. The van der Waals surface area contributed by atoms with Crippen LogP contribution in [0.3, 0.4) is 0 Å². The van der Waals surface area contributed by atoms with E-state index in [1.165, 1.54) is 31.6 Å². The van der Waals surface area contributed by atoms with Gasteiger partial charge in [-0.2, -0.15) is 0 Å². The van der Waals surface area contributed by atoms with Crippen molar-refractivity contribution in [2.75, 3.05) is 79.1 Å². The van der Waals surface area contributed by atoms with Gasteiger partial charge in [0.05, 0.1) is 55.4 Å². The van der Waals surface area contributed by atoms with Crippen molar-refractivity contribution in [1.29, 1.82) is 0 Å². The van der Waals surface area contributed by atoms with Crippen LogP contribution in [0, 0.1) is 0 Å². The van der Waals surface area contributed by atoms with E-state index in [9.17, 15) is 0 Å². The standard InChI is InChI=1S/C18H36N4/c1-21(2,3)15-7-13-20(14-8-16-22(4,5)6)18-11-9-17(19)10-12-18/h9-12H,7-8,13-16,19H2,1-6H3/q+2. The average molecular weight is 309 g/mol. The first kappa shape index (κ1) is 18.8. The highest BCUT2D eigenvalue weighted by Crippen LogP contribution is 2.17. The molecule has 0 aliphatic rings. The molecule has 0 fully saturated rings. The molecule has 0 amide bonds. The molecule has 2 N–H and O–H groups in total. The lowest BCUT2D eigenvalue weighted by atomic mass is 10.2. The van der Waals surface area contributed by atoms with E-state index in [-0.39, 0.29) is 0 Å². The fourth-order valence-corrected chi connectivity index (χ4v) is 2.53. The van der Waals surface area contributed by atoms with Gasteiger partial charge in [-0.3, -0.25) is 0 Å². The summed E-state index contributed by atoms with van der Waals surface area (Å²) in [4.78, 5) is 2.50. The van der Waals surface area contributed by atoms with Crippen molar-refractivity contribution < 1.29 is 8.97 Å². The van der Waals surface area contributed by atoms with Crippen LogP contribution in [0.1, 0.15) is 12.8 Å². The van der Waals surface area contributed by atoms with Gasteiger partial charge in [-0.1, -0.05) is 0 Å². The Morgan fingerprint density at radius 2 is 1.18 bits per heavy atom. The second kappa shape index (κ2) is 7.84. The lowest BCUT2D eigenvalue weighted by Gasteiger charge is -2.30. The fourth-order valence-electron chi connectivity index (χ4n) is 2.53. The van der Waals surface area contributed by atoms with Gasteiger partial charge in [-0.25, -0.2) is 0 Å². The number of rotatable bonds is 9. The zero-order valence-electron chi connectivity index (χ0n) is 15.5. The summed E-state index contributed by atoms with van der Waals surface area (Å²) in [5.41, 5.74) is 7.94. The van der Waals surface area contributed by atoms with Gasteiger partial charge < -0.3 is 19.6 Å². The Balaban J connectivity index is 2.62. The molecule has 1 rings (SSSR count). The van der Waals surface area contributed by atoms with Crippen molar-refractivity contribution in [3.63, 3.8) is 0 Å². The Morgan fingerprint density at radius 3 is 1.55 bits per heavy atom. The maximum Gasteiger partial charge on any atom is 0.0797 e. The molecule has 0 bridgehead atoms. The average Bonchev–Trinajstić information content (AvgIpc) is 2.35. The van der Waals surface area contributed by atoms with Crippen LogP contribution in [0.15, 0.2) is 24.3 Å². The summed E-state index contributed by atoms with van der Waals surface area (Å²) in [6.45, 7) is 4.61. The van der Waals surface area contributed by atoms with Crippen LogP contribution in [0.25, 0.3) is 0 Å². The van der Waals surface area contributed by atoms with Crippen molar-refractivity contribution in [3.8, 4) is 0 Å². The van der Waals surface area contributed by atoms with Crippen molar-refractivity contribution in [1.82, 2.24) is 0 Å². The summed E-state index contributed by atoms with van der Waals surface area (Å²) in [6, 6.07) is 8.30. The zero-order chi connectivity index (χ0) is 16.8. The normalized spacial score (nSPS) is 12.5. The number of nitrogens with two attached hydrogens (primary N) is 1. The maximum absolute atomic E-state index is 5.82. The Labute approximate surface area is 137 Å². The predicted octanol–water partition coefficient (Wildman–Crippen LogP) is 2.27. The monoisotopic (exact) mass is 308 g/mol. The molecular formula is C18H36N4+2. The summed E-state index contributed by atoms with van der Waals surface area (Å²) < 4.78 is 2.04. The molecule has 0 saturated carbocycles. The van der Waals surface area contributed by atoms with Crippen LogP contribution >= 0.6 is 0 Å². The van der Waals surface area contributed by atoms with Crippen LogP contribution in [-0.2, 0) is 0 Å². The van der Waals surface area contributed by atoms with Crippen LogP contribution in [0.5, 0.6) is 0 Å². The van der Waals surface area contributed by atoms with E-state index in [1.54, 1.807) is 0 Å². The number of benzene rings is 1. The van der Waals surface area contributed by atoms with Crippen molar-refractivity contribution in [2.24, 2.45) is 0 Å². The van der Waals surface area contributed by atoms with Gasteiger partial charge in [-0.05, 0) is 24.3 Å². The largest absolute Gasteiger partial charge is 0.399 e. The second-order valence-electron chi connectivity index (χ2n) is 8.31. The van der Waals surface area contributed by atoms with Crippen LogP contribution in [0.4, 0.5) is 11.4 Å². The molecule has 0 radical (unpaired) electrons. The highest BCUT2D eigenvalue weighted by molar-refractivity contribution is 5.53. The minimum absolute atomic E-state index is 0.835. The number of quaternary nitrogens is 2. The summed E-state index contributed by atoms with van der Waals surface area (Å²) in [6.07, 6.45) is 2.41. The number of nitrogens with zero attached hydrogens (tertiary/aromatic N) is 3. The van der Waals surface area contributed by atoms with E-state index < -0.39 is 0 Å². The van der Waals surface area contributed by atoms with E-state index in [1.807, 2.05) is 12.1 Å². The SMILES string of the molecule is C[N+](C)(C)CCCN(CCC[N+](C)(C)C)c1ccc(N)cc1. The Bertz CT molecular complexity index is 406. The molecule has 0 unspecified atom stereocenters. The number of hydrogen-bond acceptors (Lipinski definition) is 2. The molecule has 1 aromatic rings. The molecule has 0 aromatic heterocycles. The minimum atomic E-state index is 0.835. The van der Waals surface area contributed by atoms with Crippen molar-refractivity contribution >= 4 is 11.4 Å². The van der Waals surface area contributed by atoms with E-state index in [0.717, 1.165) is 27.7 Å². The minimum Gasteiger partial charge on any atom is -0.399 e. The molecule has 0 aliphatic carbocycles. The summed E-state index contributed by atoms with van der Waals surface area (Å²) >= 11 is 0. The van der Waals surface area contributed by atoms with E-state index in [2.05, 4.69) is 59.3 Å². The molecule has 22 heavy (non-hydrogen) atoms. The first-order valence-corrected chi connectivity index (χ1v) is 8.28. The van der Waals surface area contributed by atoms with Crippen LogP contribution < -0.4 is 10.6 Å². The van der Waals surface area contributed by atoms with Crippen molar-refractivity contribution in [2.45, 2.75) is 12.8 Å². The van der Waals surface area contributed by atoms with Gasteiger partial charge in [-0.15, -0.1) is 0 Å². The molecule has 1 aromatic carbocycles. The van der Waals surface area contributed by atoms with Crippen LogP contribution in [-0.4, -0.2) is 77.4 Å². The second-order valence-corrected chi connectivity index (χ2v) is 8.31. The van der Waals surface area contributed by atoms with E-state index >= 15 is 0 Å². The summed E-state index contributed by atoms with van der Waals surface area (Å²) in [5.74, 6) is 0.